The van der Waals surface area contributed by atoms with Gasteiger partial charge < -0.3 is 9.30 Å². The number of rotatable bonds is 3. The first-order valence-corrected chi connectivity index (χ1v) is 5.59. The number of aromatic nitrogens is 3. The first-order chi connectivity index (χ1) is 8.15. The molecule has 0 aromatic carbocycles. The lowest BCUT2D eigenvalue weighted by Crippen LogP contribution is -2.16. The molecule has 2 aromatic rings. The molecule has 0 radical (unpaired) electrons. The summed E-state index contributed by atoms with van der Waals surface area (Å²) in [6.45, 7) is 3.96. The first kappa shape index (κ1) is 11.6. The van der Waals surface area contributed by atoms with Gasteiger partial charge in [0.25, 0.3) is 0 Å². The van der Waals surface area contributed by atoms with Crippen molar-refractivity contribution in [2.24, 2.45) is 7.05 Å². The van der Waals surface area contributed by atoms with E-state index in [0.717, 1.165) is 5.52 Å². The van der Waals surface area contributed by atoms with Gasteiger partial charge in [0.2, 0.25) is 0 Å². The molecule has 0 aliphatic heterocycles. The van der Waals surface area contributed by atoms with E-state index in [-0.39, 0.29) is 11.9 Å². The van der Waals surface area contributed by atoms with Gasteiger partial charge in [0.15, 0.2) is 5.65 Å². The second-order valence-electron chi connectivity index (χ2n) is 3.85. The van der Waals surface area contributed by atoms with Crippen molar-refractivity contribution in [2.75, 3.05) is 6.61 Å². The maximum Gasteiger partial charge on any atom is 0.316 e. The van der Waals surface area contributed by atoms with Gasteiger partial charge in [-0.1, -0.05) is 0 Å². The van der Waals surface area contributed by atoms with Crippen LogP contribution in [-0.4, -0.2) is 27.1 Å². The standard InChI is InChI=1S/C12H15N3O2/c1-4-17-12(16)8(2)11-14-10-9(15(11)3)6-5-7-13-10/h5-8H,4H2,1-3H3. The van der Waals surface area contributed by atoms with Crippen molar-refractivity contribution < 1.29 is 9.53 Å². The van der Waals surface area contributed by atoms with Crippen LogP contribution in [-0.2, 0) is 16.6 Å². The summed E-state index contributed by atoms with van der Waals surface area (Å²) < 4.78 is 6.88. The maximum atomic E-state index is 11.7. The second-order valence-corrected chi connectivity index (χ2v) is 3.85. The number of carbonyl (C=O) groups excluding carboxylic acids is 1. The monoisotopic (exact) mass is 233 g/mol. The lowest BCUT2D eigenvalue weighted by atomic mass is 10.2. The van der Waals surface area contributed by atoms with E-state index >= 15 is 0 Å². The van der Waals surface area contributed by atoms with Crippen LogP contribution in [0.4, 0.5) is 0 Å². The fourth-order valence-electron chi connectivity index (χ4n) is 1.80. The van der Waals surface area contributed by atoms with Gasteiger partial charge in [-0.25, -0.2) is 9.97 Å². The highest BCUT2D eigenvalue weighted by Crippen LogP contribution is 2.20. The van der Waals surface area contributed by atoms with Crippen LogP contribution in [0.25, 0.3) is 11.2 Å². The molecule has 5 nitrogen and oxygen atoms in total. The lowest BCUT2D eigenvalue weighted by molar-refractivity contribution is -0.144. The average Bonchev–Trinajstić information content (AvgIpc) is 2.67. The third-order valence-electron chi connectivity index (χ3n) is 2.72. The fraction of sp³-hybridized carbons (Fsp3) is 0.417. The van der Waals surface area contributed by atoms with Crippen molar-refractivity contribution >= 4 is 17.1 Å². The number of pyridine rings is 1. The normalized spacial score (nSPS) is 12.6. The molecule has 2 aromatic heterocycles. The number of hydrogen-bond donors (Lipinski definition) is 0. The molecule has 0 N–H and O–H groups in total. The Morgan fingerprint density at radius 3 is 3.00 bits per heavy atom. The number of imidazole rings is 1. The maximum absolute atomic E-state index is 11.7. The van der Waals surface area contributed by atoms with E-state index in [9.17, 15) is 4.79 Å². The van der Waals surface area contributed by atoms with Crippen LogP contribution in [0.2, 0.25) is 0 Å². The Balaban J connectivity index is 2.42. The lowest BCUT2D eigenvalue weighted by Gasteiger charge is -2.10. The van der Waals surface area contributed by atoms with Crippen LogP contribution >= 0.6 is 0 Å². The van der Waals surface area contributed by atoms with Gasteiger partial charge in [0.1, 0.15) is 11.7 Å². The van der Waals surface area contributed by atoms with Crippen LogP contribution in [0.3, 0.4) is 0 Å². The highest BCUT2D eigenvalue weighted by atomic mass is 16.5. The van der Waals surface area contributed by atoms with Crippen LogP contribution in [0.1, 0.15) is 25.6 Å². The van der Waals surface area contributed by atoms with Crippen LogP contribution in [0.15, 0.2) is 18.3 Å². The van der Waals surface area contributed by atoms with E-state index in [0.29, 0.717) is 18.1 Å². The molecule has 1 unspecified atom stereocenters. The van der Waals surface area contributed by atoms with Crippen molar-refractivity contribution in [1.29, 1.82) is 0 Å². The predicted octanol–water partition coefficient (Wildman–Crippen LogP) is 1.63. The summed E-state index contributed by atoms with van der Waals surface area (Å²) in [4.78, 5) is 20.2. The summed E-state index contributed by atoms with van der Waals surface area (Å²) in [6, 6.07) is 3.78. The van der Waals surface area contributed by atoms with E-state index in [1.807, 2.05) is 23.7 Å². The van der Waals surface area contributed by atoms with Gasteiger partial charge >= 0.3 is 5.97 Å². The topological polar surface area (TPSA) is 57.0 Å². The summed E-state index contributed by atoms with van der Waals surface area (Å²) in [5.74, 6) is 0.0391. The fourth-order valence-corrected chi connectivity index (χ4v) is 1.80. The molecule has 0 fully saturated rings. The minimum absolute atomic E-state index is 0.258. The predicted molar refractivity (Wildman–Crippen MR) is 63.6 cm³/mol. The van der Waals surface area contributed by atoms with Crippen molar-refractivity contribution in [2.45, 2.75) is 19.8 Å². The number of carbonyl (C=O) groups is 1. The molecule has 0 saturated heterocycles. The number of ether oxygens (including phenoxy) is 1. The number of esters is 1. The van der Waals surface area contributed by atoms with Gasteiger partial charge in [-0.05, 0) is 26.0 Å². The molecule has 0 aliphatic carbocycles. The Labute approximate surface area is 99.4 Å². The van der Waals surface area contributed by atoms with Crippen molar-refractivity contribution in [3.05, 3.63) is 24.2 Å². The molecule has 1 atom stereocenters. The highest BCUT2D eigenvalue weighted by molar-refractivity contribution is 5.79. The van der Waals surface area contributed by atoms with Crippen molar-refractivity contribution in [1.82, 2.24) is 14.5 Å². The van der Waals surface area contributed by atoms with Gasteiger partial charge in [0, 0.05) is 13.2 Å². The number of nitrogens with zero attached hydrogens (tertiary/aromatic N) is 3. The van der Waals surface area contributed by atoms with E-state index in [2.05, 4.69) is 9.97 Å². The second kappa shape index (κ2) is 4.53. The molecule has 2 rings (SSSR count). The zero-order chi connectivity index (χ0) is 12.4. The average molecular weight is 233 g/mol. The molecule has 0 amide bonds. The van der Waals surface area contributed by atoms with Crippen molar-refractivity contribution in [3.63, 3.8) is 0 Å². The molecule has 0 bridgehead atoms. The molecular weight excluding hydrogens is 218 g/mol. The SMILES string of the molecule is CCOC(=O)C(C)c1nc2ncccc2n1C. The Morgan fingerprint density at radius 2 is 2.35 bits per heavy atom. The van der Waals surface area contributed by atoms with Crippen LogP contribution in [0.5, 0.6) is 0 Å². The largest absolute Gasteiger partial charge is 0.465 e. The van der Waals surface area contributed by atoms with E-state index in [1.165, 1.54) is 0 Å². The van der Waals surface area contributed by atoms with E-state index in [1.54, 1.807) is 20.0 Å². The molecule has 0 aliphatic rings. The Hall–Kier alpha value is -1.91. The minimum Gasteiger partial charge on any atom is -0.465 e. The van der Waals surface area contributed by atoms with Gasteiger partial charge in [-0.3, -0.25) is 4.79 Å². The zero-order valence-corrected chi connectivity index (χ0v) is 10.2. The Kier molecular flexibility index (Phi) is 3.08. The summed E-state index contributed by atoms with van der Waals surface area (Å²) in [7, 11) is 1.88. The smallest absolute Gasteiger partial charge is 0.316 e. The third-order valence-corrected chi connectivity index (χ3v) is 2.72. The summed E-state index contributed by atoms with van der Waals surface area (Å²) in [5, 5.41) is 0. The Bertz CT molecular complexity index is 548. The molecule has 90 valence electrons. The van der Waals surface area contributed by atoms with Crippen molar-refractivity contribution in [3.8, 4) is 0 Å². The molecule has 5 heteroatoms. The number of fused-ring (bicyclic) bond motifs is 1. The quantitative estimate of drug-likeness (QED) is 0.756. The molecule has 2 heterocycles. The number of aryl methyl sites for hydroxylation is 1. The molecule has 17 heavy (non-hydrogen) atoms. The first-order valence-electron chi connectivity index (χ1n) is 5.59. The molecule has 0 saturated carbocycles. The summed E-state index contributed by atoms with van der Waals surface area (Å²) in [5.41, 5.74) is 1.57. The zero-order valence-electron chi connectivity index (χ0n) is 10.2. The minimum atomic E-state index is -0.380. The highest BCUT2D eigenvalue weighted by Gasteiger charge is 2.22. The third kappa shape index (κ3) is 2.00. The van der Waals surface area contributed by atoms with E-state index in [4.69, 9.17) is 4.74 Å². The summed E-state index contributed by atoms with van der Waals surface area (Å²) in [6.07, 6.45) is 1.69. The van der Waals surface area contributed by atoms with Gasteiger partial charge in [0.05, 0.1) is 12.1 Å². The van der Waals surface area contributed by atoms with E-state index < -0.39 is 0 Å². The Morgan fingerprint density at radius 1 is 1.59 bits per heavy atom. The van der Waals surface area contributed by atoms with Crippen LogP contribution in [0, 0.1) is 0 Å². The molecule has 0 spiro atoms. The molecular formula is C12H15N3O2. The number of hydrogen-bond acceptors (Lipinski definition) is 4. The van der Waals surface area contributed by atoms with Gasteiger partial charge in [-0.2, -0.15) is 0 Å². The summed E-state index contributed by atoms with van der Waals surface area (Å²) >= 11 is 0. The van der Waals surface area contributed by atoms with Crippen LogP contribution < -0.4 is 0 Å². The van der Waals surface area contributed by atoms with Gasteiger partial charge in [-0.15, -0.1) is 0 Å².